The summed E-state index contributed by atoms with van der Waals surface area (Å²) in [6.07, 6.45) is -38.8. The van der Waals surface area contributed by atoms with E-state index >= 15 is 0 Å². The molecule has 11 fully saturated rings. The standard InChI is InChI=1S/C55H88O28/c1-19-7-8-55(74-16-19)20(2)34-28(83-55)10-24-22-6-5-21-9-27(25(59)12-53(21,3)23(22)11-33(61)54(24,34)4)75-50-44(71)40(67)45(31(15-58)78-50)80-52-47(82-51-43(70)39(66)36(63)29(13-56)76-51)46(38(65)30(14-57)77-52)81-49-42(69)37(64)32(18-73-49)79-48-41(68)35(62)26(60)17-72-48/h19-32,34-52,56-60,62-71H,5-18H2,1-4H3/t19-,20+,21+,22-,23-,24+,25-,26+,27-,28-,29-,30-,31-,32-,34+,35-,36-,37+,38-,39+,40-,41-,42-,43-,44-,45+,46+,47-,48+,49+,50-,51+,52+,53+,54-,55-/m1/s1. The quantitative estimate of drug-likeness (QED) is 0.0765. The van der Waals surface area contributed by atoms with Crippen molar-refractivity contribution in [3.8, 4) is 0 Å². The molecule has 0 bridgehead atoms. The summed E-state index contributed by atoms with van der Waals surface area (Å²) >= 11 is 0. The van der Waals surface area contributed by atoms with Gasteiger partial charge in [0.15, 0.2) is 37.2 Å². The van der Waals surface area contributed by atoms with Crippen LogP contribution in [0.15, 0.2) is 0 Å². The summed E-state index contributed by atoms with van der Waals surface area (Å²) in [4.78, 5) is 14.8. The predicted molar refractivity (Wildman–Crippen MR) is 271 cm³/mol. The van der Waals surface area contributed by atoms with Gasteiger partial charge in [-0.2, -0.15) is 0 Å². The summed E-state index contributed by atoms with van der Waals surface area (Å²) in [5.74, 6) is 0.423. The van der Waals surface area contributed by atoms with Crippen LogP contribution < -0.4 is 0 Å². The van der Waals surface area contributed by atoms with E-state index in [2.05, 4.69) is 27.7 Å². The molecule has 0 aromatic heterocycles. The average Bonchev–Trinajstić information content (AvgIpc) is 1.63. The summed E-state index contributed by atoms with van der Waals surface area (Å²) < 4.78 is 72.4. The van der Waals surface area contributed by atoms with Crippen LogP contribution in [0.3, 0.4) is 0 Å². The number of fused-ring (bicyclic) bond motifs is 7. The summed E-state index contributed by atoms with van der Waals surface area (Å²) in [5, 5.41) is 164. The molecule has 4 aliphatic carbocycles. The molecule has 0 aromatic carbocycles. The third-order valence-corrected chi connectivity index (χ3v) is 21.6. The van der Waals surface area contributed by atoms with Crippen molar-refractivity contribution in [1.29, 1.82) is 0 Å². The fourth-order valence-electron chi connectivity index (χ4n) is 16.8. The molecule has 0 amide bonds. The summed E-state index contributed by atoms with van der Waals surface area (Å²) in [6.45, 7) is 5.49. The molecule has 36 atom stereocenters. The topological polar surface area (TPSA) is 431 Å². The minimum absolute atomic E-state index is 0.00937. The Morgan fingerprint density at radius 2 is 1.12 bits per heavy atom. The maximum absolute atomic E-state index is 14.8. The highest BCUT2D eigenvalue weighted by Gasteiger charge is 2.72. The third-order valence-electron chi connectivity index (χ3n) is 21.6. The van der Waals surface area contributed by atoms with Gasteiger partial charge in [0, 0.05) is 30.1 Å². The van der Waals surface area contributed by atoms with E-state index in [9.17, 15) is 81.4 Å². The van der Waals surface area contributed by atoms with E-state index in [4.69, 9.17) is 56.8 Å². The van der Waals surface area contributed by atoms with Gasteiger partial charge in [-0.3, -0.25) is 4.79 Å². The first-order valence-electron chi connectivity index (χ1n) is 29.7. The molecule has 28 heteroatoms. The van der Waals surface area contributed by atoms with Crippen LogP contribution in [0.5, 0.6) is 0 Å². The Balaban J connectivity index is 0.775. The molecule has 7 heterocycles. The van der Waals surface area contributed by atoms with Gasteiger partial charge in [-0.05, 0) is 73.5 Å². The number of carbonyl (C=O) groups is 1. The van der Waals surface area contributed by atoms with E-state index in [0.717, 1.165) is 32.1 Å². The zero-order valence-corrected chi connectivity index (χ0v) is 47.0. The minimum atomic E-state index is -2.09. The Hall–Kier alpha value is -1.41. The molecule has 0 aromatic rings. The van der Waals surface area contributed by atoms with Gasteiger partial charge in [0.05, 0.1) is 58.0 Å². The van der Waals surface area contributed by atoms with E-state index in [1.54, 1.807) is 0 Å². The zero-order valence-electron chi connectivity index (χ0n) is 47.0. The van der Waals surface area contributed by atoms with Crippen molar-refractivity contribution in [3.05, 3.63) is 0 Å². The van der Waals surface area contributed by atoms with E-state index in [0.29, 0.717) is 25.4 Å². The Labute approximate surface area is 479 Å². The van der Waals surface area contributed by atoms with Crippen LogP contribution >= 0.6 is 0 Å². The number of rotatable bonds is 13. The van der Waals surface area contributed by atoms with Crippen molar-refractivity contribution in [2.75, 3.05) is 39.6 Å². The Kier molecular flexibility index (Phi) is 18.6. The largest absolute Gasteiger partial charge is 0.394 e. The maximum atomic E-state index is 14.8. The lowest BCUT2D eigenvalue weighted by molar-refractivity contribution is -0.406. The van der Waals surface area contributed by atoms with E-state index < -0.39 is 203 Å². The third kappa shape index (κ3) is 10.9. The van der Waals surface area contributed by atoms with Gasteiger partial charge in [-0.25, -0.2) is 0 Å². The first-order valence-corrected chi connectivity index (χ1v) is 29.7. The van der Waals surface area contributed by atoms with Gasteiger partial charge < -0.3 is 133 Å². The van der Waals surface area contributed by atoms with E-state index in [1.807, 2.05) is 0 Å². The molecule has 83 heavy (non-hydrogen) atoms. The van der Waals surface area contributed by atoms with Gasteiger partial charge in [0.2, 0.25) is 0 Å². The summed E-state index contributed by atoms with van der Waals surface area (Å²) in [5.41, 5.74) is -1.02. The number of hydrogen-bond donors (Lipinski definition) is 15. The molecule has 0 radical (unpaired) electrons. The van der Waals surface area contributed by atoms with E-state index in [-0.39, 0.29) is 53.8 Å². The number of carbonyl (C=O) groups excluding carboxylic acids is 1. The predicted octanol–water partition coefficient (Wildman–Crippen LogP) is -5.66. The molecule has 28 nitrogen and oxygen atoms in total. The number of ketones is 1. The molecule has 11 rings (SSSR count). The molecule has 7 saturated heterocycles. The molecule has 1 spiro atoms. The Bertz CT molecular complexity index is 2210. The molecule has 11 aliphatic rings. The molecule has 4 saturated carbocycles. The molecular formula is C55H88O28. The second-order valence-electron chi connectivity index (χ2n) is 26.3. The number of Topliss-reactive ketones (excluding diaryl/α,β-unsaturated/α-hetero) is 1. The van der Waals surface area contributed by atoms with Crippen LogP contribution in [0.1, 0.15) is 79.1 Å². The SMILES string of the molecule is C[C@@H]1CC[C@@]2(OC1)O[C@@H]1C[C@H]3[C@@H]4CC[C@H]5C[C@@H](O[C@@H]6O[C@H](CO)[C@H](O[C@@H]7O[C@H](CO)[C@@H](O)[C@H](O[C@@H]8OC[C@@H](O[C@@H]9OC[C@H](O)[C@@H](O)[C@H]9O)[C@H](O)[C@H]8O)[C@H]7O[C@@H]7O[C@H](CO)[C@@H](O)[C@H](O)[C@H]7O)[C@H](O)[C@H]6O)[C@H](O)C[C@]5(C)[C@@H]4CC(=O)[C@]3(C)[C@H]1[C@@H]2C. The molecule has 15 N–H and O–H groups in total. The highest BCUT2D eigenvalue weighted by Crippen LogP contribution is 2.70. The Morgan fingerprint density at radius 1 is 0.530 bits per heavy atom. The highest BCUT2D eigenvalue weighted by atomic mass is 16.8. The van der Waals surface area contributed by atoms with Crippen LogP contribution in [0.2, 0.25) is 0 Å². The van der Waals surface area contributed by atoms with Crippen LogP contribution in [0, 0.1) is 52.3 Å². The molecular weight excluding hydrogens is 1110 g/mol. The van der Waals surface area contributed by atoms with Crippen molar-refractivity contribution < 1.29 is 138 Å². The smallest absolute Gasteiger partial charge is 0.187 e. The van der Waals surface area contributed by atoms with Gasteiger partial charge in [-0.15, -0.1) is 0 Å². The average molecular weight is 1200 g/mol. The molecule has 476 valence electrons. The van der Waals surface area contributed by atoms with Crippen molar-refractivity contribution in [3.63, 3.8) is 0 Å². The van der Waals surface area contributed by atoms with Crippen LogP contribution in [-0.2, 0) is 61.6 Å². The molecule has 7 aliphatic heterocycles. The van der Waals surface area contributed by atoms with Gasteiger partial charge in [-0.1, -0.05) is 27.7 Å². The number of aliphatic hydroxyl groups excluding tert-OH is 15. The van der Waals surface area contributed by atoms with Crippen LogP contribution in [0.4, 0.5) is 0 Å². The summed E-state index contributed by atoms with van der Waals surface area (Å²) in [7, 11) is 0. The zero-order chi connectivity index (χ0) is 59.5. The van der Waals surface area contributed by atoms with Crippen LogP contribution in [0.25, 0.3) is 0 Å². The number of aliphatic hydroxyl groups is 15. The van der Waals surface area contributed by atoms with Crippen LogP contribution in [-0.4, -0.2) is 287 Å². The van der Waals surface area contributed by atoms with Crippen molar-refractivity contribution in [2.45, 2.75) is 244 Å². The monoisotopic (exact) mass is 1200 g/mol. The first-order chi connectivity index (χ1) is 39.4. The second kappa shape index (κ2) is 24.4. The lowest BCUT2D eigenvalue weighted by atomic mass is 9.43. The lowest BCUT2D eigenvalue weighted by Crippen LogP contribution is -2.68. The first kappa shape index (κ1) is 63.2. The van der Waals surface area contributed by atoms with Crippen molar-refractivity contribution in [1.82, 2.24) is 0 Å². The second-order valence-corrected chi connectivity index (χ2v) is 26.3. The fraction of sp³-hybridized carbons (Fsp3) is 0.982. The minimum Gasteiger partial charge on any atom is -0.394 e. The maximum Gasteiger partial charge on any atom is 0.187 e. The van der Waals surface area contributed by atoms with Gasteiger partial charge in [0.1, 0.15) is 116 Å². The highest BCUT2D eigenvalue weighted by molar-refractivity contribution is 5.87. The normalized spacial score (nSPS) is 57.4. The fourth-order valence-corrected chi connectivity index (χ4v) is 16.8. The van der Waals surface area contributed by atoms with Crippen molar-refractivity contribution >= 4 is 5.78 Å². The van der Waals surface area contributed by atoms with Gasteiger partial charge in [0.25, 0.3) is 0 Å². The lowest BCUT2D eigenvalue weighted by Gasteiger charge is -2.61. The van der Waals surface area contributed by atoms with E-state index in [1.165, 1.54) is 0 Å². The summed E-state index contributed by atoms with van der Waals surface area (Å²) in [6, 6.07) is 0. The van der Waals surface area contributed by atoms with Crippen molar-refractivity contribution in [2.24, 2.45) is 52.3 Å². The number of hydrogen-bond acceptors (Lipinski definition) is 28. The Morgan fingerprint density at radius 3 is 1.82 bits per heavy atom. The molecule has 0 unspecified atom stereocenters. The van der Waals surface area contributed by atoms with Gasteiger partial charge >= 0.3 is 0 Å². The number of ether oxygens (including phenoxy) is 12.